The van der Waals surface area contributed by atoms with E-state index < -0.39 is 6.10 Å². The average molecular weight is 390 g/mol. The summed E-state index contributed by atoms with van der Waals surface area (Å²) in [5, 5.41) is 14.9. The highest BCUT2D eigenvalue weighted by atomic mass is 32.1. The molecule has 1 aliphatic rings. The van der Waals surface area contributed by atoms with Gasteiger partial charge in [0.15, 0.2) is 11.2 Å². The minimum Gasteiger partial charge on any atom is -0.481 e. The number of nitrogens with one attached hydrogen (secondary N) is 1. The number of thiazole rings is 1. The SMILES string of the molecule is C[C@H](Oc1cccc(C#N)c1)C(=O)Nc1cccc2c1CN(c1nccs1)C2. The van der Waals surface area contributed by atoms with Crippen molar-refractivity contribution in [3.05, 3.63) is 70.7 Å². The Hall–Kier alpha value is -3.37. The molecule has 28 heavy (non-hydrogen) atoms. The predicted molar refractivity (Wildman–Crippen MR) is 108 cm³/mol. The van der Waals surface area contributed by atoms with Gasteiger partial charge in [-0.05, 0) is 36.8 Å². The first-order chi connectivity index (χ1) is 13.6. The van der Waals surface area contributed by atoms with Gasteiger partial charge in [-0.15, -0.1) is 11.3 Å². The molecule has 3 aromatic rings. The van der Waals surface area contributed by atoms with Gasteiger partial charge >= 0.3 is 0 Å². The van der Waals surface area contributed by atoms with Gasteiger partial charge in [0.25, 0.3) is 5.91 Å². The maximum absolute atomic E-state index is 12.7. The van der Waals surface area contributed by atoms with Crippen molar-refractivity contribution in [2.24, 2.45) is 0 Å². The van der Waals surface area contributed by atoms with Crippen molar-refractivity contribution in [3.8, 4) is 11.8 Å². The molecule has 0 spiro atoms. The van der Waals surface area contributed by atoms with Crippen molar-refractivity contribution < 1.29 is 9.53 Å². The molecule has 0 saturated heterocycles. The fraction of sp³-hybridized carbons (Fsp3) is 0.190. The third kappa shape index (κ3) is 3.68. The molecule has 1 atom stereocenters. The van der Waals surface area contributed by atoms with Crippen LogP contribution in [0.25, 0.3) is 0 Å². The minimum atomic E-state index is -0.693. The summed E-state index contributed by atoms with van der Waals surface area (Å²) in [5.41, 5.74) is 3.57. The van der Waals surface area contributed by atoms with E-state index in [2.05, 4.69) is 27.3 Å². The Kier molecular flexibility index (Phi) is 4.96. The third-order valence-corrected chi connectivity index (χ3v) is 5.41. The van der Waals surface area contributed by atoms with Crippen LogP contribution in [0.2, 0.25) is 0 Å². The molecule has 0 fully saturated rings. The summed E-state index contributed by atoms with van der Waals surface area (Å²) in [6.07, 6.45) is 1.10. The highest BCUT2D eigenvalue weighted by molar-refractivity contribution is 7.13. The third-order valence-electron chi connectivity index (χ3n) is 4.58. The van der Waals surface area contributed by atoms with Crippen LogP contribution in [0.4, 0.5) is 10.8 Å². The number of aromatic nitrogens is 1. The number of anilines is 2. The number of nitrogens with zero attached hydrogens (tertiary/aromatic N) is 3. The monoisotopic (exact) mass is 390 g/mol. The van der Waals surface area contributed by atoms with E-state index in [0.29, 0.717) is 17.9 Å². The quantitative estimate of drug-likeness (QED) is 0.714. The highest BCUT2D eigenvalue weighted by Gasteiger charge is 2.25. The molecule has 140 valence electrons. The maximum Gasteiger partial charge on any atom is 0.265 e. The molecule has 0 saturated carbocycles. The lowest BCUT2D eigenvalue weighted by atomic mass is 10.1. The molecule has 1 N–H and O–H groups in total. The van der Waals surface area contributed by atoms with Crippen LogP contribution in [0.1, 0.15) is 23.6 Å². The molecule has 0 radical (unpaired) electrons. The van der Waals surface area contributed by atoms with E-state index in [9.17, 15) is 4.79 Å². The van der Waals surface area contributed by atoms with Crippen molar-refractivity contribution in [2.75, 3.05) is 10.2 Å². The van der Waals surface area contributed by atoms with Gasteiger partial charge in [-0.3, -0.25) is 4.79 Å². The van der Waals surface area contributed by atoms with Gasteiger partial charge in [-0.2, -0.15) is 5.26 Å². The van der Waals surface area contributed by atoms with Crippen molar-refractivity contribution in [3.63, 3.8) is 0 Å². The molecule has 7 heteroatoms. The Labute approximate surface area is 167 Å². The van der Waals surface area contributed by atoms with Crippen LogP contribution < -0.4 is 15.0 Å². The molecule has 6 nitrogen and oxygen atoms in total. The number of hydrogen-bond donors (Lipinski definition) is 1. The number of fused-ring (bicyclic) bond motifs is 1. The van der Waals surface area contributed by atoms with Gasteiger partial charge < -0.3 is 15.0 Å². The molecule has 2 aromatic carbocycles. The minimum absolute atomic E-state index is 0.233. The van der Waals surface area contributed by atoms with Gasteiger partial charge in [-0.25, -0.2) is 4.98 Å². The second-order valence-corrected chi connectivity index (χ2v) is 7.38. The lowest BCUT2D eigenvalue weighted by Crippen LogP contribution is -2.30. The molecular weight excluding hydrogens is 372 g/mol. The summed E-state index contributed by atoms with van der Waals surface area (Å²) in [7, 11) is 0. The Balaban J connectivity index is 1.46. The normalized spacial score (nSPS) is 13.5. The first kappa shape index (κ1) is 18.0. The molecule has 1 amide bonds. The lowest BCUT2D eigenvalue weighted by molar-refractivity contribution is -0.122. The summed E-state index contributed by atoms with van der Waals surface area (Å²) in [5.74, 6) is 0.262. The first-order valence-electron chi connectivity index (χ1n) is 8.87. The molecule has 0 unspecified atom stereocenters. The van der Waals surface area contributed by atoms with Crippen LogP contribution in [-0.4, -0.2) is 17.0 Å². The van der Waals surface area contributed by atoms with Gasteiger partial charge in [0.2, 0.25) is 0 Å². The largest absolute Gasteiger partial charge is 0.481 e. The molecule has 4 rings (SSSR count). The number of carbonyl (C=O) groups is 1. The molecule has 1 aromatic heterocycles. The first-order valence-corrected chi connectivity index (χ1v) is 9.75. The Morgan fingerprint density at radius 1 is 1.32 bits per heavy atom. The van der Waals surface area contributed by atoms with Gasteiger partial charge in [0, 0.05) is 35.9 Å². The molecule has 2 heterocycles. The van der Waals surface area contributed by atoms with E-state index in [1.165, 1.54) is 5.56 Å². The summed E-state index contributed by atoms with van der Waals surface area (Å²) in [4.78, 5) is 19.2. The number of nitriles is 1. The van der Waals surface area contributed by atoms with Gasteiger partial charge in [0.05, 0.1) is 11.6 Å². The van der Waals surface area contributed by atoms with E-state index in [1.807, 2.05) is 17.5 Å². The summed E-state index contributed by atoms with van der Waals surface area (Å²) in [6.45, 7) is 3.18. The summed E-state index contributed by atoms with van der Waals surface area (Å²) >= 11 is 1.60. The van der Waals surface area contributed by atoms with Crippen molar-refractivity contribution in [1.29, 1.82) is 5.26 Å². The fourth-order valence-corrected chi connectivity index (χ4v) is 3.82. The van der Waals surface area contributed by atoms with Gasteiger partial charge in [0.1, 0.15) is 5.75 Å². The molecule has 0 bridgehead atoms. The highest BCUT2D eigenvalue weighted by Crippen LogP contribution is 2.33. The zero-order valence-corrected chi connectivity index (χ0v) is 16.1. The van der Waals surface area contributed by atoms with Crippen molar-refractivity contribution >= 4 is 28.1 Å². The predicted octanol–water partition coefficient (Wildman–Crippen LogP) is 3.94. The van der Waals surface area contributed by atoms with Crippen molar-refractivity contribution in [2.45, 2.75) is 26.1 Å². The van der Waals surface area contributed by atoms with Crippen LogP contribution in [0.5, 0.6) is 5.75 Å². The van der Waals surface area contributed by atoms with E-state index in [0.717, 1.165) is 22.9 Å². The van der Waals surface area contributed by atoms with Crippen LogP contribution in [0.15, 0.2) is 54.0 Å². The Bertz CT molecular complexity index is 1040. The Morgan fingerprint density at radius 2 is 2.18 bits per heavy atom. The summed E-state index contributed by atoms with van der Waals surface area (Å²) < 4.78 is 5.71. The van der Waals surface area contributed by atoms with Crippen molar-refractivity contribution in [1.82, 2.24) is 4.98 Å². The topological polar surface area (TPSA) is 78.2 Å². The van der Waals surface area contributed by atoms with Crippen LogP contribution in [0.3, 0.4) is 0 Å². The zero-order chi connectivity index (χ0) is 19.5. The fourth-order valence-electron chi connectivity index (χ4n) is 3.18. The second kappa shape index (κ2) is 7.71. The Morgan fingerprint density at radius 3 is 2.96 bits per heavy atom. The molecule has 1 aliphatic heterocycles. The number of carbonyl (C=O) groups excluding carboxylic acids is 1. The van der Waals surface area contributed by atoms with Gasteiger partial charge in [-0.1, -0.05) is 18.2 Å². The summed E-state index contributed by atoms with van der Waals surface area (Å²) in [6, 6.07) is 14.8. The van der Waals surface area contributed by atoms with E-state index in [1.54, 1.807) is 48.7 Å². The van der Waals surface area contributed by atoms with Crippen LogP contribution in [-0.2, 0) is 17.9 Å². The number of benzene rings is 2. The molecule has 0 aliphatic carbocycles. The number of hydrogen-bond acceptors (Lipinski definition) is 6. The average Bonchev–Trinajstić information content (AvgIpc) is 3.38. The van der Waals surface area contributed by atoms with Crippen LogP contribution in [0, 0.1) is 11.3 Å². The van der Waals surface area contributed by atoms with E-state index in [4.69, 9.17) is 10.00 Å². The number of rotatable bonds is 5. The second-order valence-electron chi connectivity index (χ2n) is 6.50. The lowest BCUT2D eigenvalue weighted by Gasteiger charge is -2.17. The standard InChI is InChI=1S/C21H18N4O2S/c1-14(27-17-6-2-4-15(10-17)11-22)20(26)24-19-7-3-5-16-12-25(13-18(16)19)21-23-8-9-28-21/h2-10,14H,12-13H2,1H3,(H,24,26)/t14-/m0/s1. The van der Waals surface area contributed by atoms with E-state index >= 15 is 0 Å². The smallest absolute Gasteiger partial charge is 0.265 e. The van der Waals surface area contributed by atoms with Crippen LogP contribution >= 0.6 is 11.3 Å². The molecular formula is C21H18N4O2S. The van der Waals surface area contributed by atoms with E-state index in [-0.39, 0.29) is 5.91 Å². The number of amides is 1. The maximum atomic E-state index is 12.7. The number of ether oxygens (including phenoxy) is 1. The zero-order valence-electron chi connectivity index (χ0n) is 15.3.